The number of rotatable bonds is 3. The van der Waals surface area contributed by atoms with E-state index in [1.807, 2.05) is 6.07 Å². The van der Waals surface area contributed by atoms with Crippen LogP contribution in [-0.2, 0) is 16.7 Å². The monoisotopic (exact) mass is 335 g/mol. The Morgan fingerprint density at radius 1 is 1.25 bits per heavy atom. The van der Waals surface area contributed by atoms with Crippen LogP contribution in [0, 0.1) is 0 Å². The molecule has 2 aliphatic heterocycles. The Morgan fingerprint density at radius 2 is 2.04 bits per heavy atom. The standard InChI is InChI=1S/C18H25NO5/c1-22-10-4-5-18-12-7-13(23-2)16(21)17(24-3)11(12)8-19(9-15(18)20)14(18)6-10/h7,10,14-15,20-21H,4-6,8-9H2,1-3H3/t10-,14+,15+,18-/m1/s1. The molecule has 1 unspecified atom stereocenters. The van der Waals surface area contributed by atoms with Crippen LogP contribution in [0.2, 0.25) is 0 Å². The number of methoxy groups -OCH3 is 3. The van der Waals surface area contributed by atoms with Crippen molar-refractivity contribution in [3.63, 3.8) is 0 Å². The molecular weight excluding hydrogens is 310 g/mol. The van der Waals surface area contributed by atoms with Crippen LogP contribution in [0.25, 0.3) is 0 Å². The fourth-order valence-corrected chi connectivity index (χ4v) is 5.22. The van der Waals surface area contributed by atoms with Crippen molar-refractivity contribution in [2.75, 3.05) is 27.9 Å². The molecule has 1 aromatic rings. The van der Waals surface area contributed by atoms with Gasteiger partial charge in [0.05, 0.1) is 26.4 Å². The fraction of sp³-hybridized carbons (Fsp3) is 0.667. The summed E-state index contributed by atoms with van der Waals surface area (Å²) >= 11 is 0. The topological polar surface area (TPSA) is 71.4 Å². The van der Waals surface area contributed by atoms with Gasteiger partial charge in [0.1, 0.15) is 0 Å². The van der Waals surface area contributed by atoms with E-state index in [1.54, 1.807) is 14.2 Å². The number of phenolic OH excluding ortho intramolecular Hbond substituents is 1. The van der Waals surface area contributed by atoms with Crippen molar-refractivity contribution in [1.29, 1.82) is 0 Å². The second-order valence-corrected chi connectivity index (χ2v) is 7.12. The largest absolute Gasteiger partial charge is 0.502 e. The molecule has 0 amide bonds. The number of phenols is 1. The van der Waals surface area contributed by atoms with Gasteiger partial charge in [0.15, 0.2) is 11.5 Å². The quantitative estimate of drug-likeness (QED) is 0.870. The number of aromatic hydroxyl groups is 1. The number of nitrogens with zero attached hydrogens (tertiary/aromatic N) is 1. The van der Waals surface area contributed by atoms with Crippen LogP contribution >= 0.6 is 0 Å². The highest BCUT2D eigenvalue weighted by Crippen LogP contribution is 2.57. The van der Waals surface area contributed by atoms with E-state index in [0.717, 1.165) is 30.4 Å². The lowest BCUT2D eigenvalue weighted by molar-refractivity contribution is -0.00743. The molecule has 0 spiro atoms. The minimum absolute atomic E-state index is 0.0364. The first-order chi connectivity index (χ1) is 11.6. The Morgan fingerprint density at radius 3 is 2.71 bits per heavy atom. The molecule has 2 heterocycles. The van der Waals surface area contributed by atoms with E-state index in [9.17, 15) is 10.2 Å². The first kappa shape index (κ1) is 16.0. The van der Waals surface area contributed by atoms with E-state index in [1.165, 1.54) is 7.11 Å². The molecule has 3 aliphatic rings. The second kappa shape index (κ2) is 5.51. The molecule has 6 heteroatoms. The van der Waals surface area contributed by atoms with Gasteiger partial charge in [-0.15, -0.1) is 0 Å². The number of ether oxygens (including phenoxy) is 3. The van der Waals surface area contributed by atoms with Gasteiger partial charge in [-0.3, -0.25) is 4.90 Å². The van der Waals surface area contributed by atoms with Gasteiger partial charge in [0, 0.05) is 37.2 Å². The molecule has 132 valence electrons. The Bertz CT molecular complexity index is 663. The van der Waals surface area contributed by atoms with Gasteiger partial charge < -0.3 is 24.4 Å². The van der Waals surface area contributed by atoms with Crippen LogP contribution in [0.15, 0.2) is 6.07 Å². The highest BCUT2D eigenvalue weighted by atomic mass is 16.5. The maximum absolute atomic E-state index is 11.0. The minimum Gasteiger partial charge on any atom is -0.502 e. The summed E-state index contributed by atoms with van der Waals surface area (Å²) in [5.41, 5.74) is 1.70. The van der Waals surface area contributed by atoms with E-state index in [4.69, 9.17) is 14.2 Å². The van der Waals surface area contributed by atoms with Crippen LogP contribution in [0.3, 0.4) is 0 Å². The molecule has 1 saturated carbocycles. The van der Waals surface area contributed by atoms with Crippen molar-refractivity contribution >= 4 is 0 Å². The average Bonchev–Trinajstić information content (AvgIpc) is 2.81. The summed E-state index contributed by atoms with van der Waals surface area (Å²) in [5, 5.41) is 21.4. The Balaban J connectivity index is 1.91. The lowest BCUT2D eigenvalue weighted by Crippen LogP contribution is -2.54. The molecule has 2 fully saturated rings. The lowest BCUT2D eigenvalue weighted by Gasteiger charge is -2.49. The Hall–Kier alpha value is -1.50. The van der Waals surface area contributed by atoms with Crippen molar-refractivity contribution < 1.29 is 24.4 Å². The van der Waals surface area contributed by atoms with Crippen molar-refractivity contribution in [3.05, 3.63) is 17.2 Å². The predicted molar refractivity (Wildman–Crippen MR) is 87.7 cm³/mol. The van der Waals surface area contributed by atoms with E-state index < -0.39 is 6.10 Å². The van der Waals surface area contributed by atoms with Gasteiger partial charge in [-0.05, 0) is 30.9 Å². The Kier molecular flexibility index (Phi) is 3.67. The normalized spacial score (nSPS) is 36.8. The third-order valence-electron chi connectivity index (χ3n) is 6.35. The summed E-state index contributed by atoms with van der Waals surface area (Å²) in [5.74, 6) is 0.907. The fourth-order valence-electron chi connectivity index (χ4n) is 5.22. The number of aliphatic hydroxyl groups excluding tert-OH is 1. The van der Waals surface area contributed by atoms with E-state index in [0.29, 0.717) is 24.6 Å². The molecule has 6 nitrogen and oxygen atoms in total. The zero-order valence-electron chi connectivity index (χ0n) is 14.4. The molecule has 2 bridgehead atoms. The highest BCUT2D eigenvalue weighted by molar-refractivity contribution is 5.62. The maximum atomic E-state index is 11.0. The summed E-state index contributed by atoms with van der Waals surface area (Å²) in [6.45, 7) is 1.30. The van der Waals surface area contributed by atoms with Gasteiger partial charge >= 0.3 is 0 Å². The molecule has 0 radical (unpaired) electrons. The van der Waals surface area contributed by atoms with Crippen LogP contribution < -0.4 is 9.47 Å². The third kappa shape index (κ3) is 1.87. The molecule has 1 aromatic carbocycles. The smallest absolute Gasteiger partial charge is 0.201 e. The van der Waals surface area contributed by atoms with E-state index in [-0.39, 0.29) is 23.3 Å². The minimum atomic E-state index is -0.430. The van der Waals surface area contributed by atoms with Gasteiger partial charge in [-0.2, -0.15) is 0 Å². The van der Waals surface area contributed by atoms with Crippen LogP contribution in [0.1, 0.15) is 30.4 Å². The summed E-state index contributed by atoms with van der Waals surface area (Å²) in [6.07, 6.45) is 2.50. The molecule has 1 saturated heterocycles. The highest BCUT2D eigenvalue weighted by Gasteiger charge is 2.60. The van der Waals surface area contributed by atoms with Crippen LogP contribution in [0.4, 0.5) is 0 Å². The summed E-state index contributed by atoms with van der Waals surface area (Å²) in [6, 6.07) is 2.15. The number of benzene rings is 1. The molecule has 2 N–H and O–H groups in total. The van der Waals surface area contributed by atoms with Gasteiger partial charge in [0.2, 0.25) is 5.75 Å². The number of hydrogen-bond acceptors (Lipinski definition) is 6. The van der Waals surface area contributed by atoms with Gasteiger partial charge in [-0.1, -0.05) is 0 Å². The van der Waals surface area contributed by atoms with E-state index in [2.05, 4.69) is 4.90 Å². The van der Waals surface area contributed by atoms with Crippen molar-refractivity contribution in [2.45, 2.75) is 49.5 Å². The molecule has 1 aliphatic carbocycles. The van der Waals surface area contributed by atoms with Crippen molar-refractivity contribution in [2.24, 2.45) is 0 Å². The van der Waals surface area contributed by atoms with Crippen molar-refractivity contribution in [3.8, 4) is 17.2 Å². The second-order valence-electron chi connectivity index (χ2n) is 7.12. The van der Waals surface area contributed by atoms with Crippen molar-refractivity contribution in [1.82, 2.24) is 4.90 Å². The SMILES string of the molecule is COc1cc2c(c(OC)c1O)CN1C[C@H](O)[C@]23CC[C@@H](OC)C[C@H]13. The first-order valence-electron chi connectivity index (χ1n) is 8.49. The zero-order valence-corrected chi connectivity index (χ0v) is 14.4. The van der Waals surface area contributed by atoms with Gasteiger partial charge in [0.25, 0.3) is 0 Å². The average molecular weight is 335 g/mol. The first-order valence-corrected chi connectivity index (χ1v) is 8.49. The number of hydrogen-bond donors (Lipinski definition) is 2. The number of fused-ring (bicyclic) bond motifs is 1. The lowest BCUT2D eigenvalue weighted by atomic mass is 9.62. The molecule has 0 aromatic heterocycles. The molecule has 24 heavy (non-hydrogen) atoms. The maximum Gasteiger partial charge on any atom is 0.201 e. The molecular formula is C18H25NO5. The predicted octanol–water partition coefficient (Wildman–Crippen LogP) is 1.40. The van der Waals surface area contributed by atoms with E-state index >= 15 is 0 Å². The third-order valence-corrected chi connectivity index (χ3v) is 6.35. The summed E-state index contributed by atoms with van der Waals surface area (Å²) < 4.78 is 16.5. The summed E-state index contributed by atoms with van der Waals surface area (Å²) in [7, 11) is 4.86. The van der Waals surface area contributed by atoms with Gasteiger partial charge in [-0.25, -0.2) is 0 Å². The Labute approximate surface area is 141 Å². The van der Waals surface area contributed by atoms with Crippen LogP contribution in [-0.4, -0.2) is 61.2 Å². The molecule has 4 rings (SSSR count). The summed E-state index contributed by atoms with van der Waals surface area (Å²) in [4.78, 5) is 2.31. The van der Waals surface area contributed by atoms with Crippen LogP contribution in [0.5, 0.6) is 17.2 Å². The zero-order chi connectivity index (χ0) is 17.1. The molecule has 5 atom stereocenters. The number of aliphatic hydroxyl groups is 1.